The van der Waals surface area contributed by atoms with Gasteiger partial charge in [-0.05, 0) is 48.6 Å². The molecule has 44 heavy (non-hydrogen) atoms. The molecule has 4 heterocycles. The van der Waals surface area contributed by atoms with E-state index in [4.69, 9.17) is 4.74 Å². The second kappa shape index (κ2) is 12.3. The number of anilines is 3. The molecule has 0 spiro atoms. The van der Waals surface area contributed by atoms with Crippen molar-refractivity contribution in [1.82, 2.24) is 34.7 Å². The largest absolute Gasteiger partial charge is 0.491 e. The van der Waals surface area contributed by atoms with Crippen LogP contribution < -0.4 is 15.0 Å². The van der Waals surface area contributed by atoms with E-state index >= 15 is 0 Å². The number of methoxy groups -OCH3 is 1. The van der Waals surface area contributed by atoms with Gasteiger partial charge >= 0.3 is 6.18 Å². The van der Waals surface area contributed by atoms with Gasteiger partial charge in [0.2, 0.25) is 11.9 Å². The molecule has 2 N–H and O–H groups in total. The van der Waals surface area contributed by atoms with Crippen LogP contribution >= 0.6 is 0 Å². The summed E-state index contributed by atoms with van der Waals surface area (Å²) in [5.41, 5.74) is 4.13. The number of hydrogen-bond acceptors (Lipinski definition) is 9. The van der Waals surface area contributed by atoms with Crippen LogP contribution in [0.3, 0.4) is 0 Å². The Hall–Kier alpha value is -4.46. The molecule has 0 atom stereocenters. The van der Waals surface area contributed by atoms with E-state index in [0.29, 0.717) is 48.8 Å². The second-order valence-electron chi connectivity index (χ2n) is 11.3. The third kappa shape index (κ3) is 7.01. The first-order valence-electron chi connectivity index (χ1n) is 14.5. The average Bonchev–Trinajstić information content (AvgIpc) is 3.72. The molecule has 1 aromatic carbocycles. The number of piperazine rings is 1. The lowest BCUT2D eigenvalue weighted by Gasteiger charge is -2.35. The minimum atomic E-state index is -4.49. The summed E-state index contributed by atoms with van der Waals surface area (Å²) in [6.07, 6.45) is -0.155. The number of fused-ring (bicyclic) bond motifs is 1. The van der Waals surface area contributed by atoms with Crippen LogP contribution in [0.15, 0.2) is 42.9 Å². The predicted octanol–water partition coefficient (Wildman–Crippen LogP) is 4.61. The SMILES string of the molecule is COc1c(-c2ccc3nc(Nc4cc(CN5CCN(C(=O)CC(F)(F)F)CC5)ccn4)[nH]c3c2)ncnc1N(C)CC1CC1. The van der Waals surface area contributed by atoms with Crippen molar-refractivity contribution >= 4 is 34.5 Å². The van der Waals surface area contributed by atoms with Gasteiger partial charge in [-0.3, -0.25) is 9.69 Å². The van der Waals surface area contributed by atoms with Crippen molar-refractivity contribution < 1.29 is 22.7 Å². The van der Waals surface area contributed by atoms with Crippen LogP contribution in [0, 0.1) is 5.92 Å². The van der Waals surface area contributed by atoms with Crippen molar-refractivity contribution in [3.63, 3.8) is 0 Å². The van der Waals surface area contributed by atoms with Gasteiger partial charge in [0, 0.05) is 58.1 Å². The van der Waals surface area contributed by atoms with Crippen molar-refractivity contribution in [2.75, 3.05) is 57.1 Å². The molecule has 3 aromatic heterocycles. The Morgan fingerprint density at radius 1 is 1.11 bits per heavy atom. The third-order valence-corrected chi connectivity index (χ3v) is 7.89. The molecule has 1 aliphatic heterocycles. The smallest absolute Gasteiger partial charge is 0.397 e. The summed E-state index contributed by atoms with van der Waals surface area (Å²) in [5.74, 6) is 2.35. The van der Waals surface area contributed by atoms with Crippen LogP contribution in [0.5, 0.6) is 5.75 Å². The third-order valence-electron chi connectivity index (χ3n) is 7.89. The summed E-state index contributed by atoms with van der Waals surface area (Å²) < 4.78 is 43.5. The zero-order chi connectivity index (χ0) is 30.8. The molecule has 6 rings (SSSR count). The molecule has 14 heteroatoms. The Balaban J connectivity index is 1.11. The van der Waals surface area contributed by atoms with Crippen molar-refractivity contribution in [2.24, 2.45) is 5.92 Å². The fourth-order valence-electron chi connectivity index (χ4n) is 5.48. The molecule has 1 saturated carbocycles. The maximum Gasteiger partial charge on any atom is 0.397 e. The number of carbonyl (C=O) groups excluding carboxylic acids is 1. The van der Waals surface area contributed by atoms with Gasteiger partial charge in [0.05, 0.1) is 18.1 Å². The molecule has 1 amide bonds. The number of alkyl halides is 3. The zero-order valence-electron chi connectivity index (χ0n) is 24.6. The van der Waals surface area contributed by atoms with E-state index < -0.39 is 18.5 Å². The Morgan fingerprint density at radius 3 is 2.64 bits per heavy atom. The number of ether oxygens (including phenoxy) is 1. The number of aromatic nitrogens is 5. The van der Waals surface area contributed by atoms with E-state index in [0.717, 1.165) is 34.5 Å². The van der Waals surface area contributed by atoms with Crippen LogP contribution in [0.2, 0.25) is 0 Å². The Kier molecular flexibility index (Phi) is 8.25. The lowest BCUT2D eigenvalue weighted by Crippen LogP contribution is -2.49. The summed E-state index contributed by atoms with van der Waals surface area (Å²) in [5, 5.41) is 3.23. The van der Waals surface area contributed by atoms with E-state index in [1.165, 1.54) is 17.7 Å². The van der Waals surface area contributed by atoms with Gasteiger partial charge in [0.15, 0.2) is 11.6 Å². The first kappa shape index (κ1) is 29.6. The summed E-state index contributed by atoms with van der Waals surface area (Å²) >= 11 is 0. The van der Waals surface area contributed by atoms with Crippen molar-refractivity contribution in [1.29, 1.82) is 0 Å². The Bertz CT molecular complexity index is 1630. The molecule has 0 bridgehead atoms. The number of benzene rings is 1. The Labute approximate surface area is 252 Å². The lowest BCUT2D eigenvalue weighted by atomic mass is 10.1. The fraction of sp³-hybridized carbons (Fsp3) is 0.433. The number of halogens is 3. The van der Waals surface area contributed by atoms with E-state index in [1.54, 1.807) is 19.6 Å². The number of aromatic amines is 1. The van der Waals surface area contributed by atoms with E-state index in [1.807, 2.05) is 37.4 Å². The highest BCUT2D eigenvalue weighted by Crippen LogP contribution is 2.38. The van der Waals surface area contributed by atoms with E-state index in [-0.39, 0.29) is 13.1 Å². The van der Waals surface area contributed by atoms with Crippen LogP contribution in [0.1, 0.15) is 24.8 Å². The highest BCUT2D eigenvalue weighted by atomic mass is 19.4. The molecule has 2 fully saturated rings. The van der Waals surface area contributed by atoms with Gasteiger partial charge in [-0.1, -0.05) is 6.07 Å². The number of carbonyl (C=O) groups is 1. The quantitative estimate of drug-likeness (QED) is 0.266. The topological polar surface area (TPSA) is 115 Å². The maximum absolute atomic E-state index is 12.6. The molecule has 0 unspecified atom stereocenters. The monoisotopic (exact) mass is 609 g/mol. The molecule has 2 aliphatic rings. The minimum absolute atomic E-state index is 0.269. The lowest BCUT2D eigenvalue weighted by molar-refractivity contribution is -0.162. The molecule has 1 aliphatic carbocycles. The molecular weight excluding hydrogens is 575 g/mol. The molecule has 11 nitrogen and oxygen atoms in total. The highest BCUT2D eigenvalue weighted by Gasteiger charge is 2.34. The normalized spacial score (nSPS) is 15.9. The summed E-state index contributed by atoms with van der Waals surface area (Å²) in [6.45, 7) is 3.04. The number of nitrogens with zero attached hydrogens (tertiary/aromatic N) is 7. The first-order valence-corrected chi connectivity index (χ1v) is 14.5. The zero-order valence-corrected chi connectivity index (χ0v) is 24.6. The average molecular weight is 610 g/mol. The maximum atomic E-state index is 12.6. The molecule has 4 aromatic rings. The van der Waals surface area contributed by atoms with Gasteiger partial charge in [0.25, 0.3) is 0 Å². The molecular formula is C30H34F3N9O2. The van der Waals surface area contributed by atoms with Crippen LogP contribution in [-0.4, -0.2) is 93.7 Å². The number of hydrogen-bond donors (Lipinski definition) is 2. The summed E-state index contributed by atoms with van der Waals surface area (Å²) in [7, 11) is 3.66. The first-order chi connectivity index (χ1) is 21.1. The van der Waals surface area contributed by atoms with Gasteiger partial charge in [-0.25, -0.2) is 19.9 Å². The van der Waals surface area contributed by atoms with E-state index in [2.05, 4.69) is 40.0 Å². The van der Waals surface area contributed by atoms with Gasteiger partial charge in [-0.15, -0.1) is 0 Å². The van der Waals surface area contributed by atoms with Crippen molar-refractivity contribution in [3.05, 3.63) is 48.4 Å². The predicted molar refractivity (Wildman–Crippen MR) is 160 cm³/mol. The fourth-order valence-corrected chi connectivity index (χ4v) is 5.48. The molecule has 0 radical (unpaired) electrons. The standard InChI is InChI=1S/C30H34F3N9O2/c1-40(16-19-3-4-19)28-27(44-2)26(35-18-36-28)21-5-6-22-23(14-21)38-29(37-22)39-24-13-20(7-8-34-24)17-41-9-11-42(12-10-41)25(43)15-30(31,32)33/h5-8,13-14,18-19H,3-4,9-12,15-17H2,1-2H3,(H2,34,37,38,39). The highest BCUT2D eigenvalue weighted by molar-refractivity contribution is 5.85. The number of imidazole rings is 1. The number of pyridine rings is 1. The number of rotatable bonds is 10. The number of nitrogens with one attached hydrogen (secondary N) is 2. The van der Waals surface area contributed by atoms with E-state index in [9.17, 15) is 18.0 Å². The van der Waals surface area contributed by atoms with Crippen LogP contribution in [0.4, 0.5) is 30.8 Å². The number of H-pyrrole nitrogens is 1. The molecule has 1 saturated heterocycles. The summed E-state index contributed by atoms with van der Waals surface area (Å²) in [6, 6.07) is 9.65. The summed E-state index contributed by atoms with van der Waals surface area (Å²) in [4.78, 5) is 38.8. The number of amides is 1. The van der Waals surface area contributed by atoms with Gasteiger partial charge in [0.1, 0.15) is 24.3 Å². The van der Waals surface area contributed by atoms with Crippen molar-refractivity contribution in [3.8, 4) is 17.0 Å². The molecule has 232 valence electrons. The van der Waals surface area contributed by atoms with Crippen LogP contribution in [0.25, 0.3) is 22.3 Å². The van der Waals surface area contributed by atoms with Gasteiger partial charge < -0.3 is 24.8 Å². The minimum Gasteiger partial charge on any atom is -0.491 e. The van der Waals surface area contributed by atoms with Crippen LogP contribution in [-0.2, 0) is 11.3 Å². The second-order valence-corrected chi connectivity index (χ2v) is 11.3. The Morgan fingerprint density at radius 2 is 1.91 bits per heavy atom. The van der Waals surface area contributed by atoms with Crippen molar-refractivity contribution in [2.45, 2.75) is 32.0 Å². The van der Waals surface area contributed by atoms with Gasteiger partial charge in [-0.2, -0.15) is 13.2 Å².